The molecule has 4 nitrogen and oxygen atoms in total. The molecule has 0 radical (unpaired) electrons. The van der Waals surface area contributed by atoms with Crippen molar-refractivity contribution >= 4 is 17.4 Å². The molecular weight excluding hydrogens is 292 g/mol. The molecule has 0 bridgehead atoms. The number of halogens is 1. The third-order valence-corrected chi connectivity index (χ3v) is 3.37. The minimum atomic E-state index is -0.146. The number of para-hydroxylation sites is 1. The van der Waals surface area contributed by atoms with Crippen LogP contribution in [0.1, 0.15) is 10.4 Å². The fourth-order valence-electron chi connectivity index (χ4n) is 2.01. The molecular formula is C16H13ClO4. The second-order valence-corrected chi connectivity index (χ2v) is 4.91. The molecule has 1 aliphatic rings. The number of fused-ring (bicyclic) bond motifs is 1. The average molecular weight is 305 g/mol. The van der Waals surface area contributed by atoms with E-state index in [1.807, 2.05) is 0 Å². The maximum atomic E-state index is 12.2. The molecule has 2 aromatic carbocycles. The highest BCUT2D eigenvalue weighted by molar-refractivity contribution is 6.32. The van der Waals surface area contributed by atoms with Gasteiger partial charge in [-0.1, -0.05) is 23.7 Å². The molecule has 0 atom stereocenters. The van der Waals surface area contributed by atoms with Gasteiger partial charge in [0.1, 0.15) is 19.0 Å². The van der Waals surface area contributed by atoms with Gasteiger partial charge in [0.2, 0.25) is 0 Å². The lowest BCUT2D eigenvalue weighted by atomic mass is 10.1. The molecule has 0 saturated heterocycles. The zero-order valence-corrected chi connectivity index (χ0v) is 11.9. The molecule has 1 heterocycles. The third kappa shape index (κ3) is 3.11. The molecule has 0 amide bonds. The van der Waals surface area contributed by atoms with Crippen LogP contribution in [-0.4, -0.2) is 25.6 Å². The molecule has 0 N–H and O–H groups in total. The third-order valence-electron chi connectivity index (χ3n) is 3.06. The first kappa shape index (κ1) is 13.8. The van der Waals surface area contributed by atoms with E-state index in [9.17, 15) is 4.79 Å². The van der Waals surface area contributed by atoms with Crippen LogP contribution in [0.25, 0.3) is 0 Å². The maximum Gasteiger partial charge on any atom is 0.200 e. The quantitative estimate of drug-likeness (QED) is 0.812. The van der Waals surface area contributed by atoms with Crippen molar-refractivity contribution in [3.05, 3.63) is 53.1 Å². The Hall–Kier alpha value is -2.20. The number of hydrogen-bond acceptors (Lipinski definition) is 4. The molecule has 21 heavy (non-hydrogen) atoms. The van der Waals surface area contributed by atoms with Crippen molar-refractivity contribution in [3.8, 4) is 17.2 Å². The molecule has 0 unspecified atom stereocenters. The highest BCUT2D eigenvalue weighted by Gasteiger charge is 2.15. The van der Waals surface area contributed by atoms with Crippen LogP contribution in [0.5, 0.6) is 17.2 Å². The Morgan fingerprint density at radius 2 is 1.86 bits per heavy atom. The highest BCUT2D eigenvalue weighted by Crippen LogP contribution is 2.31. The highest BCUT2D eigenvalue weighted by atomic mass is 35.5. The summed E-state index contributed by atoms with van der Waals surface area (Å²) in [5, 5.41) is 0.479. The van der Waals surface area contributed by atoms with Crippen molar-refractivity contribution in [1.82, 2.24) is 0 Å². The van der Waals surface area contributed by atoms with Crippen molar-refractivity contribution in [2.45, 2.75) is 0 Å². The van der Waals surface area contributed by atoms with Crippen molar-refractivity contribution in [2.75, 3.05) is 19.8 Å². The van der Waals surface area contributed by atoms with Crippen LogP contribution in [-0.2, 0) is 0 Å². The Balaban J connectivity index is 1.69. The van der Waals surface area contributed by atoms with E-state index < -0.39 is 0 Å². The second kappa shape index (κ2) is 6.06. The fourth-order valence-corrected chi connectivity index (χ4v) is 2.20. The average Bonchev–Trinajstić information content (AvgIpc) is 2.53. The van der Waals surface area contributed by atoms with Crippen molar-refractivity contribution in [1.29, 1.82) is 0 Å². The van der Waals surface area contributed by atoms with Gasteiger partial charge in [-0.25, -0.2) is 0 Å². The van der Waals surface area contributed by atoms with Gasteiger partial charge < -0.3 is 14.2 Å². The van der Waals surface area contributed by atoms with Gasteiger partial charge in [0.05, 0.1) is 5.02 Å². The molecule has 1 aliphatic heterocycles. The van der Waals surface area contributed by atoms with Gasteiger partial charge in [0.25, 0.3) is 0 Å². The van der Waals surface area contributed by atoms with E-state index in [2.05, 4.69) is 0 Å². The molecule has 0 aliphatic carbocycles. The Bertz CT molecular complexity index is 669. The Morgan fingerprint density at radius 3 is 2.67 bits per heavy atom. The van der Waals surface area contributed by atoms with E-state index >= 15 is 0 Å². The summed E-state index contributed by atoms with van der Waals surface area (Å²) in [6, 6.07) is 12.1. The Morgan fingerprint density at radius 1 is 1.10 bits per heavy atom. The summed E-state index contributed by atoms with van der Waals surface area (Å²) in [5.41, 5.74) is 0.520. The zero-order chi connectivity index (χ0) is 14.7. The molecule has 0 saturated carbocycles. The fraction of sp³-hybridized carbons (Fsp3) is 0.188. The molecule has 2 aromatic rings. The predicted octanol–water partition coefficient (Wildman–Crippen LogP) is 3.37. The molecule has 3 rings (SSSR count). The Labute approximate surface area is 127 Å². The number of ether oxygens (including phenoxy) is 3. The van der Waals surface area contributed by atoms with Crippen LogP contribution in [0.2, 0.25) is 5.02 Å². The summed E-state index contributed by atoms with van der Waals surface area (Å²) < 4.78 is 16.3. The number of rotatable bonds is 4. The molecule has 5 heteroatoms. The van der Waals surface area contributed by atoms with Gasteiger partial charge in [0.15, 0.2) is 23.9 Å². The number of ketones is 1. The van der Waals surface area contributed by atoms with Crippen molar-refractivity contribution in [3.63, 3.8) is 0 Å². The molecule has 0 fully saturated rings. The van der Waals surface area contributed by atoms with Crippen LogP contribution in [0, 0.1) is 0 Å². The topological polar surface area (TPSA) is 44.8 Å². The normalized spacial score (nSPS) is 12.8. The number of hydrogen-bond donors (Lipinski definition) is 0. The van der Waals surface area contributed by atoms with E-state index in [0.29, 0.717) is 41.0 Å². The van der Waals surface area contributed by atoms with Crippen LogP contribution >= 0.6 is 11.6 Å². The van der Waals surface area contributed by atoms with Gasteiger partial charge >= 0.3 is 0 Å². The predicted molar refractivity (Wildman–Crippen MR) is 78.7 cm³/mol. The number of Topliss-reactive ketones (excluding diaryl/α,β-unsaturated/α-hetero) is 1. The largest absolute Gasteiger partial charge is 0.486 e. The minimum absolute atomic E-state index is 0.0800. The number of carbonyl (C=O) groups excluding carboxylic acids is 1. The van der Waals surface area contributed by atoms with Gasteiger partial charge in [0, 0.05) is 5.56 Å². The maximum absolute atomic E-state index is 12.2. The lowest BCUT2D eigenvalue weighted by molar-refractivity contribution is 0.0920. The number of carbonyl (C=O) groups is 1. The first-order chi connectivity index (χ1) is 10.2. The first-order valence-corrected chi connectivity index (χ1v) is 6.92. The van der Waals surface area contributed by atoms with E-state index in [-0.39, 0.29) is 12.4 Å². The van der Waals surface area contributed by atoms with Gasteiger partial charge in [-0.05, 0) is 30.3 Å². The van der Waals surface area contributed by atoms with E-state index in [4.69, 9.17) is 25.8 Å². The van der Waals surface area contributed by atoms with Crippen molar-refractivity contribution in [2.24, 2.45) is 0 Å². The lowest BCUT2D eigenvalue weighted by Crippen LogP contribution is -2.17. The van der Waals surface area contributed by atoms with E-state index in [1.165, 1.54) is 0 Å². The standard InChI is InChI=1S/C16H13ClO4/c17-12-3-1-2-4-14(12)21-10-13(18)11-5-6-15-16(9-11)20-8-7-19-15/h1-6,9H,7-8,10H2. The van der Waals surface area contributed by atoms with E-state index in [1.54, 1.807) is 42.5 Å². The summed E-state index contributed by atoms with van der Waals surface area (Å²) in [6.45, 7) is 0.931. The summed E-state index contributed by atoms with van der Waals surface area (Å²) in [6.07, 6.45) is 0. The van der Waals surface area contributed by atoms with Gasteiger partial charge in [-0.15, -0.1) is 0 Å². The molecule has 108 valence electrons. The molecule has 0 spiro atoms. The molecule has 0 aromatic heterocycles. The number of benzene rings is 2. The van der Waals surface area contributed by atoms with Crippen LogP contribution in [0.15, 0.2) is 42.5 Å². The lowest BCUT2D eigenvalue weighted by Gasteiger charge is -2.18. The summed E-state index contributed by atoms with van der Waals surface area (Å²) >= 11 is 5.98. The minimum Gasteiger partial charge on any atom is -0.486 e. The van der Waals surface area contributed by atoms with Crippen LogP contribution in [0.4, 0.5) is 0 Å². The first-order valence-electron chi connectivity index (χ1n) is 6.54. The van der Waals surface area contributed by atoms with E-state index in [0.717, 1.165) is 0 Å². The van der Waals surface area contributed by atoms with Crippen LogP contribution in [0.3, 0.4) is 0 Å². The zero-order valence-electron chi connectivity index (χ0n) is 11.2. The SMILES string of the molecule is O=C(COc1ccccc1Cl)c1ccc2c(c1)OCCO2. The van der Waals surface area contributed by atoms with Gasteiger partial charge in [-0.3, -0.25) is 4.79 Å². The Kier molecular flexibility index (Phi) is 3.97. The van der Waals surface area contributed by atoms with Crippen LogP contribution < -0.4 is 14.2 Å². The van der Waals surface area contributed by atoms with Crippen molar-refractivity contribution < 1.29 is 19.0 Å². The monoisotopic (exact) mass is 304 g/mol. The summed E-state index contributed by atoms with van der Waals surface area (Å²) in [4.78, 5) is 12.2. The van der Waals surface area contributed by atoms with Gasteiger partial charge in [-0.2, -0.15) is 0 Å². The smallest absolute Gasteiger partial charge is 0.200 e. The summed E-state index contributed by atoms with van der Waals surface area (Å²) in [7, 11) is 0. The summed E-state index contributed by atoms with van der Waals surface area (Å²) in [5.74, 6) is 1.59. The second-order valence-electron chi connectivity index (χ2n) is 4.50.